The number of ether oxygens (including phenoxy) is 1. The first-order valence-electron chi connectivity index (χ1n) is 9.73. The number of benzene rings is 2. The monoisotopic (exact) mass is 366 g/mol. The van der Waals surface area contributed by atoms with Crippen molar-refractivity contribution in [3.63, 3.8) is 0 Å². The maximum atomic E-state index is 5.42. The SMILES string of the molecule is CCc1ccccc1CNC(=NC)NCc1ccc(N2CCOCC2)cc1. The minimum atomic E-state index is 0.749. The Kier molecular flexibility index (Phi) is 7.11. The van der Waals surface area contributed by atoms with Gasteiger partial charge >= 0.3 is 0 Å². The summed E-state index contributed by atoms with van der Waals surface area (Å²) >= 11 is 0. The summed E-state index contributed by atoms with van der Waals surface area (Å²) in [6, 6.07) is 17.3. The van der Waals surface area contributed by atoms with Crippen molar-refractivity contribution < 1.29 is 4.74 Å². The molecule has 1 aliphatic rings. The third-order valence-corrected chi connectivity index (χ3v) is 4.94. The number of nitrogens with one attached hydrogen (secondary N) is 2. The van der Waals surface area contributed by atoms with Gasteiger partial charge in [-0.25, -0.2) is 0 Å². The molecule has 144 valence electrons. The van der Waals surface area contributed by atoms with Gasteiger partial charge < -0.3 is 20.3 Å². The maximum absolute atomic E-state index is 5.42. The molecule has 5 nitrogen and oxygen atoms in total. The van der Waals surface area contributed by atoms with Gasteiger partial charge in [0.05, 0.1) is 13.2 Å². The van der Waals surface area contributed by atoms with E-state index in [2.05, 4.69) is 76.0 Å². The van der Waals surface area contributed by atoms with Crippen molar-refractivity contribution in [1.29, 1.82) is 0 Å². The van der Waals surface area contributed by atoms with Crippen LogP contribution in [0.1, 0.15) is 23.6 Å². The van der Waals surface area contributed by atoms with E-state index in [1.165, 1.54) is 22.4 Å². The van der Waals surface area contributed by atoms with Gasteiger partial charge in [0, 0.05) is 38.9 Å². The predicted molar refractivity (Wildman–Crippen MR) is 112 cm³/mol. The first kappa shape index (κ1) is 19.2. The van der Waals surface area contributed by atoms with Crippen LogP contribution < -0.4 is 15.5 Å². The summed E-state index contributed by atoms with van der Waals surface area (Å²) in [6.45, 7) is 7.27. The fraction of sp³-hybridized carbons (Fsp3) is 0.409. The molecule has 1 aliphatic heterocycles. The molecule has 2 aromatic carbocycles. The summed E-state index contributed by atoms with van der Waals surface area (Å²) in [4.78, 5) is 6.70. The highest BCUT2D eigenvalue weighted by Crippen LogP contribution is 2.16. The van der Waals surface area contributed by atoms with Gasteiger partial charge in [0.1, 0.15) is 0 Å². The molecule has 0 amide bonds. The van der Waals surface area contributed by atoms with Crippen LogP contribution in [0.5, 0.6) is 0 Å². The van der Waals surface area contributed by atoms with E-state index >= 15 is 0 Å². The van der Waals surface area contributed by atoms with E-state index < -0.39 is 0 Å². The van der Waals surface area contributed by atoms with Gasteiger partial charge in [0.25, 0.3) is 0 Å². The number of rotatable bonds is 6. The average Bonchev–Trinajstić information content (AvgIpc) is 2.75. The van der Waals surface area contributed by atoms with Crippen molar-refractivity contribution in [2.24, 2.45) is 4.99 Å². The smallest absolute Gasteiger partial charge is 0.191 e. The summed E-state index contributed by atoms with van der Waals surface area (Å²) < 4.78 is 5.42. The lowest BCUT2D eigenvalue weighted by Crippen LogP contribution is -2.37. The first-order valence-corrected chi connectivity index (χ1v) is 9.73. The summed E-state index contributed by atoms with van der Waals surface area (Å²) in [7, 11) is 1.81. The number of anilines is 1. The van der Waals surface area contributed by atoms with Crippen LogP contribution >= 0.6 is 0 Å². The van der Waals surface area contributed by atoms with Crippen molar-refractivity contribution in [1.82, 2.24) is 10.6 Å². The highest BCUT2D eigenvalue weighted by atomic mass is 16.5. The molecule has 27 heavy (non-hydrogen) atoms. The Hall–Kier alpha value is -2.53. The number of aryl methyl sites for hydroxylation is 1. The van der Waals surface area contributed by atoms with Gasteiger partial charge in [-0.3, -0.25) is 4.99 Å². The highest BCUT2D eigenvalue weighted by molar-refractivity contribution is 5.79. The maximum Gasteiger partial charge on any atom is 0.191 e. The quantitative estimate of drug-likeness (QED) is 0.610. The second kappa shape index (κ2) is 9.97. The zero-order valence-corrected chi connectivity index (χ0v) is 16.4. The van der Waals surface area contributed by atoms with E-state index in [9.17, 15) is 0 Å². The number of nitrogens with zero attached hydrogens (tertiary/aromatic N) is 2. The minimum absolute atomic E-state index is 0.749. The lowest BCUT2D eigenvalue weighted by molar-refractivity contribution is 0.122. The van der Waals surface area contributed by atoms with Gasteiger partial charge in [-0.1, -0.05) is 43.3 Å². The van der Waals surface area contributed by atoms with Gasteiger partial charge in [0.2, 0.25) is 0 Å². The molecular weight excluding hydrogens is 336 g/mol. The van der Waals surface area contributed by atoms with Crippen LogP contribution in [0.15, 0.2) is 53.5 Å². The molecule has 0 aliphatic carbocycles. The molecular formula is C22H30N4O. The number of hydrogen-bond acceptors (Lipinski definition) is 3. The molecule has 1 saturated heterocycles. The standard InChI is InChI=1S/C22H30N4O/c1-3-19-6-4-5-7-20(19)17-25-22(23-2)24-16-18-8-10-21(11-9-18)26-12-14-27-15-13-26/h4-11H,3,12-17H2,1-2H3,(H2,23,24,25). The largest absolute Gasteiger partial charge is 0.378 e. The van der Waals surface area contributed by atoms with Crippen molar-refractivity contribution in [3.05, 3.63) is 65.2 Å². The Balaban J connectivity index is 1.50. The van der Waals surface area contributed by atoms with Crippen LogP contribution in [0.4, 0.5) is 5.69 Å². The van der Waals surface area contributed by atoms with Gasteiger partial charge in [-0.15, -0.1) is 0 Å². The topological polar surface area (TPSA) is 48.9 Å². The summed E-state index contributed by atoms with van der Waals surface area (Å²) in [5.74, 6) is 0.818. The van der Waals surface area contributed by atoms with Gasteiger partial charge in [-0.05, 0) is 35.2 Å². The number of morpholine rings is 1. The molecule has 0 unspecified atom stereocenters. The van der Waals surface area contributed by atoms with E-state index in [1.807, 2.05) is 7.05 Å². The third-order valence-electron chi connectivity index (χ3n) is 4.94. The lowest BCUT2D eigenvalue weighted by atomic mass is 10.1. The van der Waals surface area contributed by atoms with Crippen LogP contribution in [-0.2, 0) is 24.2 Å². The van der Waals surface area contributed by atoms with Crippen LogP contribution in [0.3, 0.4) is 0 Å². The zero-order valence-electron chi connectivity index (χ0n) is 16.4. The third kappa shape index (κ3) is 5.47. The molecule has 1 heterocycles. The molecule has 0 aromatic heterocycles. The Bertz CT molecular complexity index is 736. The fourth-order valence-electron chi connectivity index (χ4n) is 3.31. The molecule has 1 fully saturated rings. The lowest BCUT2D eigenvalue weighted by Gasteiger charge is -2.28. The van der Waals surface area contributed by atoms with E-state index in [4.69, 9.17) is 4.74 Å². The molecule has 2 aromatic rings. The van der Waals surface area contributed by atoms with Crippen LogP contribution in [0.2, 0.25) is 0 Å². The predicted octanol–water partition coefficient (Wildman–Crippen LogP) is 2.95. The first-order chi connectivity index (χ1) is 13.3. The molecule has 3 rings (SSSR count). The van der Waals surface area contributed by atoms with Crippen molar-refractivity contribution in [2.75, 3.05) is 38.3 Å². The van der Waals surface area contributed by atoms with E-state index in [-0.39, 0.29) is 0 Å². The summed E-state index contributed by atoms with van der Waals surface area (Å²) in [5.41, 5.74) is 5.20. The Morgan fingerprint density at radius 3 is 2.30 bits per heavy atom. The van der Waals surface area contributed by atoms with Gasteiger partial charge in [0.15, 0.2) is 5.96 Å². The van der Waals surface area contributed by atoms with Crippen molar-refractivity contribution in [3.8, 4) is 0 Å². The highest BCUT2D eigenvalue weighted by Gasteiger charge is 2.10. The fourth-order valence-corrected chi connectivity index (χ4v) is 3.31. The molecule has 0 spiro atoms. The molecule has 0 atom stereocenters. The second-order valence-corrected chi connectivity index (χ2v) is 6.67. The molecule has 0 radical (unpaired) electrons. The average molecular weight is 367 g/mol. The number of hydrogen-bond donors (Lipinski definition) is 2. The van der Waals surface area contributed by atoms with Crippen molar-refractivity contribution >= 4 is 11.6 Å². The number of aliphatic imine (C=N–C) groups is 1. The molecule has 2 N–H and O–H groups in total. The van der Waals surface area contributed by atoms with Crippen LogP contribution in [0.25, 0.3) is 0 Å². The van der Waals surface area contributed by atoms with Gasteiger partial charge in [-0.2, -0.15) is 0 Å². The molecule has 0 bridgehead atoms. The van der Waals surface area contributed by atoms with Crippen LogP contribution in [0, 0.1) is 0 Å². The summed E-state index contributed by atoms with van der Waals surface area (Å²) in [5, 5.41) is 6.81. The van der Waals surface area contributed by atoms with E-state index in [1.54, 1.807) is 0 Å². The summed E-state index contributed by atoms with van der Waals surface area (Å²) in [6.07, 6.45) is 1.04. The van der Waals surface area contributed by atoms with Crippen LogP contribution in [-0.4, -0.2) is 39.3 Å². The van der Waals surface area contributed by atoms with E-state index in [0.29, 0.717) is 0 Å². The zero-order chi connectivity index (χ0) is 18.9. The number of guanidine groups is 1. The minimum Gasteiger partial charge on any atom is -0.378 e. The second-order valence-electron chi connectivity index (χ2n) is 6.67. The van der Waals surface area contributed by atoms with Crippen molar-refractivity contribution in [2.45, 2.75) is 26.4 Å². The van der Waals surface area contributed by atoms with E-state index in [0.717, 1.165) is 51.8 Å². The molecule has 0 saturated carbocycles. The Morgan fingerprint density at radius 1 is 0.963 bits per heavy atom. The Labute approximate surface area is 162 Å². The molecule has 5 heteroatoms. The Morgan fingerprint density at radius 2 is 1.63 bits per heavy atom. The normalized spacial score (nSPS) is 14.9.